The van der Waals surface area contributed by atoms with Crippen LogP contribution in [0.3, 0.4) is 0 Å². The lowest BCUT2D eigenvalue weighted by Crippen LogP contribution is -2.62. The molecule has 2 atom stereocenters. The van der Waals surface area contributed by atoms with Crippen molar-refractivity contribution in [2.24, 2.45) is 11.8 Å². The molecule has 2 aromatic carbocycles. The fourth-order valence-electron chi connectivity index (χ4n) is 7.31. The number of benzene rings is 2. The summed E-state index contributed by atoms with van der Waals surface area (Å²) in [7, 11) is 0. The van der Waals surface area contributed by atoms with Crippen molar-refractivity contribution in [1.29, 1.82) is 0 Å². The average Bonchev–Trinajstić information content (AvgIpc) is 3.15. The van der Waals surface area contributed by atoms with Crippen LogP contribution in [0.2, 0.25) is 0 Å². The maximum atomic E-state index is 13.8. The number of hydrogen-bond acceptors (Lipinski definition) is 4. The van der Waals surface area contributed by atoms with Crippen molar-refractivity contribution >= 4 is 35.5 Å². The van der Waals surface area contributed by atoms with Gasteiger partial charge in [0.25, 0.3) is 5.91 Å². The van der Waals surface area contributed by atoms with E-state index in [1.165, 1.54) is 4.90 Å². The molecule has 1 aromatic heterocycles. The Morgan fingerprint density at radius 2 is 1.47 bits per heavy atom. The smallest absolute Gasteiger partial charge is 0.361 e. The van der Waals surface area contributed by atoms with Gasteiger partial charge in [0.2, 0.25) is 0 Å². The van der Waals surface area contributed by atoms with Gasteiger partial charge in [0, 0.05) is 61.4 Å². The summed E-state index contributed by atoms with van der Waals surface area (Å²) < 4.78 is 81.7. The highest BCUT2D eigenvalue weighted by Gasteiger charge is 2.41. The van der Waals surface area contributed by atoms with E-state index >= 15 is 0 Å². The van der Waals surface area contributed by atoms with Gasteiger partial charge in [0.1, 0.15) is 6.17 Å². The van der Waals surface area contributed by atoms with E-state index in [-0.39, 0.29) is 38.1 Å². The number of alkyl halides is 6. The average molecular weight is 657 g/mol. The molecule has 4 heterocycles. The summed E-state index contributed by atoms with van der Waals surface area (Å²) >= 11 is 0. The van der Waals surface area contributed by atoms with E-state index in [0.29, 0.717) is 30.4 Å². The summed E-state index contributed by atoms with van der Waals surface area (Å²) in [4.78, 5) is 35.2. The van der Waals surface area contributed by atoms with Gasteiger partial charge in [-0.15, -0.1) is 12.4 Å². The number of fused-ring (bicyclic) bond motifs is 5. The Balaban J connectivity index is 0.00000400. The van der Waals surface area contributed by atoms with Gasteiger partial charge in [-0.25, -0.2) is 0 Å². The minimum atomic E-state index is -5.07. The molecule has 1 amide bonds. The van der Waals surface area contributed by atoms with Crippen LogP contribution in [0.4, 0.5) is 26.3 Å². The third kappa shape index (κ3) is 7.02. The Bertz CT molecular complexity index is 1470. The normalized spacial score (nSPS) is 23.9. The molecule has 1 aliphatic carbocycles. The second-order valence-electron chi connectivity index (χ2n) is 12.4. The number of hydrogen-bond donors (Lipinski definition) is 1. The van der Waals surface area contributed by atoms with Crippen LogP contribution in [0, 0.1) is 11.8 Å². The first-order chi connectivity index (χ1) is 20.9. The molecule has 1 saturated carbocycles. The van der Waals surface area contributed by atoms with Gasteiger partial charge in [-0.3, -0.25) is 14.6 Å². The van der Waals surface area contributed by atoms with E-state index in [4.69, 9.17) is 0 Å². The third-order valence-corrected chi connectivity index (χ3v) is 9.56. The molecule has 13 heteroatoms. The number of halogens is 7. The molecule has 1 N–H and O–H groups in total. The predicted molar refractivity (Wildman–Crippen MR) is 159 cm³/mol. The van der Waals surface area contributed by atoms with E-state index in [1.54, 1.807) is 0 Å². The number of aromatic nitrogens is 1. The van der Waals surface area contributed by atoms with Crippen LogP contribution < -0.4 is 0 Å². The lowest BCUT2D eigenvalue weighted by molar-refractivity contribution is -0.143. The van der Waals surface area contributed by atoms with Crippen LogP contribution >= 0.6 is 12.4 Å². The van der Waals surface area contributed by atoms with Crippen molar-refractivity contribution in [3.63, 3.8) is 0 Å². The molecule has 4 fully saturated rings. The number of rotatable bonds is 6. The van der Waals surface area contributed by atoms with Crippen LogP contribution in [0.5, 0.6) is 0 Å². The summed E-state index contributed by atoms with van der Waals surface area (Å²) in [6.45, 7) is 2.16. The van der Waals surface area contributed by atoms with E-state index in [9.17, 15) is 35.9 Å². The number of aromatic amines is 1. The van der Waals surface area contributed by atoms with Crippen molar-refractivity contribution in [2.45, 2.75) is 56.7 Å². The second-order valence-corrected chi connectivity index (χ2v) is 12.4. The molecule has 7 rings (SSSR count). The lowest BCUT2D eigenvalue weighted by Gasteiger charge is -2.46. The first-order valence-corrected chi connectivity index (χ1v) is 15.0. The fourth-order valence-corrected chi connectivity index (χ4v) is 7.31. The van der Waals surface area contributed by atoms with Crippen LogP contribution in [0.25, 0.3) is 10.9 Å². The highest BCUT2D eigenvalue weighted by atomic mass is 35.5. The summed E-state index contributed by atoms with van der Waals surface area (Å²) in [6, 6.07) is 7.96. The van der Waals surface area contributed by atoms with Gasteiger partial charge in [0.05, 0.1) is 11.1 Å². The van der Waals surface area contributed by atoms with E-state index < -0.39 is 47.2 Å². The predicted octanol–water partition coefficient (Wildman–Crippen LogP) is 6.64. The Morgan fingerprint density at radius 1 is 0.867 bits per heavy atom. The molecule has 0 spiro atoms. The molecular weight excluding hydrogens is 622 g/mol. The van der Waals surface area contributed by atoms with E-state index in [1.807, 2.05) is 35.4 Å². The van der Waals surface area contributed by atoms with Crippen LogP contribution in [0.15, 0.2) is 48.7 Å². The number of nitrogens with zero attached hydrogens (tertiary/aromatic N) is 3. The zero-order valence-electron chi connectivity index (χ0n) is 24.4. The fraction of sp³-hybridized carbons (Fsp3) is 0.500. The van der Waals surface area contributed by atoms with Gasteiger partial charge in [0.15, 0.2) is 6.29 Å². The Morgan fingerprint density at radius 3 is 2.04 bits per heavy atom. The number of piperazine rings is 1. The van der Waals surface area contributed by atoms with Gasteiger partial charge in [-0.2, -0.15) is 26.3 Å². The molecule has 244 valence electrons. The van der Waals surface area contributed by atoms with Crippen molar-refractivity contribution in [3.05, 3.63) is 70.9 Å². The molecule has 3 aromatic rings. The van der Waals surface area contributed by atoms with Crippen molar-refractivity contribution < 1.29 is 35.9 Å². The lowest BCUT2D eigenvalue weighted by atomic mass is 9.84. The standard InChI is InChI=1S/C32H34F6N4O2.ClH/c33-31(34,35)24-11-22(12-25(14-24)32(36,37)38)30(44)42-10-9-40(29(19-43)41-16-20-5-6-21(17-41)8-7-20)18-26(42)13-23-15-39-28-4-2-1-3-27(23)28;/h1-4,11-12,14-15,19-21,26,29,39H,5-10,13,16-18H2;1H/t20?,21?,26-,29?;/m1./s1. The second kappa shape index (κ2) is 13.0. The molecule has 3 aliphatic heterocycles. The van der Waals surface area contributed by atoms with E-state index in [2.05, 4.69) is 9.88 Å². The maximum Gasteiger partial charge on any atom is 0.416 e. The van der Waals surface area contributed by atoms with Gasteiger partial charge < -0.3 is 14.7 Å². The number of carbonyl (C=O) groups excluding carboxylic acids is 2. The monoisotopic (exact) mass is 656 g/mol. The minimum absolute atomic E-state index is 0. The summed E-state index contributed by atoms with van der Waals surface area (Å²) in [6.07, 6.45) is -3.09. The van der Waals surface area contributed by atoms with E-state index in [0.717, 1.165) is 61.5 Å². The van der Waals surface area contributed by atoms with Crippen molar-refractivity contribution in [3.8, 4) is 0 Å². The highest BCUT2D eigenvalue weighted by Crippen LogP contribution is 2.38. The Labute approximate surface area is 263 Å². The van der Waals surface area contributed by atoms with Crippen molar-refractivity contribution in [1.82, 2.24) is 19.7 Å². The summed E-state index contributed by atoms with van der Waals surface area (Å²) in [5.41, 5.74) is -1.99. The molecule has 6 nitrogen and oxygen atoms in total. The number of carbonyl (C=O) groups is 2. The molecule has 1 unspecified atom stereocenters. The third-order valence-electron chi connectivity index (χ3n) is 9.56. The molecule has 45 heavy (non-hydrogen) atoms. The zero-order valence-corrected chi connectivity index (χ0v) is 25.2. The SMILES string of the molecule is Cl.O=CC(N1CC2CCC(CC2)C1)N1CCN(C(=O)c2cc(C(F)(F)F)cc(C(F)(F)F)c2)[C@H](Cc2c[nH]c3ccccc23)C1. The molecular formula is C32H35ClF6N4O2. The van der Waals surface area contributed by atoms with Gasteiger partial charge >= 0.3 is 12.4 Å². The van der Waals surface area contributed by atoms with Gasteiger partial charge in [-0.1, -0.05) is 18.2 Å². The zero-order chi connectivity index (χ0) is 31.2. The molecule has 4 aliphatic rings. The van der Waals surface area contributed by atoms with Crippen LogP contribution in [-0.4, -0.2) is 76.8 Å². The summed E-state index contributed by atoms with van der Waals surface area (Å²) in [5.74, 6) is 0.135. The number of aldehydes is 1. The van der Waals surface area contributed by atoms with Crippen LogP contribution in [0.1, 0.15) is 52.7 Å². The Hall–Kier alpha value is -3.09. The Kier molecular flexibility index (Phi) is 9.58. The topological polar surface area (TPSA) is 59.7 Å². The number of para-hydroxylation sites is 1. The number of amides is 1. The highest BCUT2D eigenvalue weighted by molar-refractivity contribution is 5.95. The number of H-pyrrole nitrogens is 1. The van der Waals surface area contributed by atoms with Crippen LogP contribution in [-0.2, 0) is 23.6 Å². The maximum absolute atomic E-state index is 13.8. The molecule has 2 bridgehead atoms. The van der Waals surface area contributed by atoms with Gasteiger partial charge in [-0.05, 0) is 73.8 Å². The quantitative estimate of drug-likeness (QED) is 0.239. The molecule has 0 radical (unpaired) electrons. The summed E-state index contributed by atoms with van der Waals surface area (Å²) in [5, 5.41) is 0.909. The minimum Gasteiger partial charge on any atom is -0.361 e. The molecule has 3 saturated heterocycles. The largest absolute Gasteiger partial charge is 0.416 e. The first kappa shape index (κ1) is 33.3. The number of nitrogens with one attached hydrogen (secondary N) is 1. The van der Waals surface area contributed by atoms with Crippen molar-refractivity contribution in [2.75, 3.05) is 32.7 Å². The first-order valence-electron chi connectivity index (χ1n) is 15.0.